The Balaban J connectivity index is 1.88. The molecule has 5 nitrogen and oxygen atoms in total. The maximum absolute atomic E-state index is 12.4. The minimum absolute atomic E-state index is 0.114. The molecule has 1 saturated carbocycles. The van der Waals surface area contributed by atoms with Crippen molar-refractivity contribution in [3.63, 3.8) is 0 Å². The normalized spacial score (nSPS) is 25.1. The SMILES string of the molecule is CSC1(CNS(=O)(=O)N2CCC(CN)CC2)CCCC1. The second-order valence-electron chi connectivity index (χ2n) is 6.00. The topological polar surface area (TPSA) is 75.4 Å². The second-order valence-corrected chi connectivity index (χ2v) is 9.03. The summed E-state index contributed by atoms with van der Waals surface area (Å²) in [5.41, 5.74) is 5.65. The Hall–Kier alpha value is 0.180. The van der Waals surface area contributed by atoms with Crippen LogP contribution in [0, 0.1) is 5.92 Å². The Morgan fingerprint density at radius 3 is 2.40 bits per heavy atom. The van der Waals surface area contributed by atoms with E-state index in [1.807, 2.05) is 11.8 Å². The summed E-state index contributed by atoms with van der Waals surface area (Å²) in [6, 6.07) is 0. The quantitative estimate of drug-likeness (QED) is 0.770. The number of hydrogen-bond acceptors (Lipinski definition) is 4. The maximum atomic E-state index is 12.4. The molecular weight excluding hydrogens is 294 g/mol. The fourth-order valence-corrected chi connectivity index (χ4v) is 5.51. The molecule has 0 atom stereocenters. The zero-order chi connectivity index (χ0) is 14.6. The van der Waals surface area contributed by atoms with Crippen LogP contribution in [0.15, 0.2) is 0 Å². The summed E-state index contributed by atoms with van der Waals surface area (Å²) in [6.45, 7) is 2.43. The average molecular weight is 322 g/mol. The second kappa shape index (κ2) is 6.96. The van der Waals surface area contributed by atoms with Gasteiger partial charge < -0.3 is 5.73 Å². The highest BCUT2D eigenvalue weighted by atomic mass is 32.2. The number of nitrogens with two attached hydrogens (primary N) is 1. The summed E-state index contributed by atoms with van der Waals surface area (Å²) in [5.74, 6) is 0.480. The van der Waals surface area contributed by atoms with Crippen molar-refractivity contribution in [2.24, 2.45) is 11.7 Å². The Bertz CT molecular complexity index is 400. The van der Waals surface area contributed by atoms with Crippen LogP contribution in [0.25, 0.3) is 0 Å². The summed E-state index contributed by atoms with van der Waals surface area (Å²) < 4.78 is 29.3. The first-order chi connectivity index (χ1) is 9.51. The molecule has 118 valence electrons. The van der Waals surface area contributed by atoms with Crippen LogP contribution in [-0.4, -0.2) is 49.9 Å². The maximum Gasteiger partial charge on any atom is 0.279 e. The van der Waals surface area contributed by atoms with E-state index in [2.05, 4.69) is 11.0 Å². The molecule has 3 N–H and O–H groups in total. The van der Waals surface area contributed by atoms with E-state index in [1.165, 1.54) is 12.8 Å². The minimum atomic E-state index is -3.32. The third-order valence-electron chi connectivity index (χ3n) is 4.77. The van der Waals surface area contributed by atoms with Crippen LogP contribution in [0.5, 0.6) is 0 Å². The molecule has 0 bridgehead atoms. The molecule has 0 amide bonds. The van der Waals surface area contributed by atoms with Gasteiger partial charge in [-0.2, -0.15) is 24.5 Å². The van der Waals surface area contributed by atoms with Gasteiger partial charge in [0.2, 0.25) is 0 Å². The zero-order valence-electron chi connectivity index (χ0n) is 12.3. The molecule has 0 aromatic heterocycles. The van der Waals surface area contributed by atoms with Gasteiger partial charge in [-0.05, 0) is 44.4 Å². The van der Waals surface area contributed by atoms with Crippen molar-refractivity contribution in [3.05, 3.63) is 0 Å². The molecule has 0 unspecified atom stereocenters. The molecule has 1 aliphatic heterocycles. The Morgan fingerprint density at radius 2 is 1.90 bits per heavy atom. The van der Waals surface area contributed by atoms with Crippen LogP contribution >= 0.6 is 11.8 Å². The van der Waals surface area contributed by atoms with E-state index in [0.717, 1.165) is 25.7 Å². The molecule has 0 aromatic rings. The molecule has 1 heterocycles. The third kappa shape index (κ3) is 3.88. The molecule has 2 aliphatic rings. The van der Waals surface area contributed by atoms with Gasteiger partial charge in [0.05, 0.1) is 0 Å². The highest BCUT2D eigenvalue weighted by Crippen LogP contribution is 2.39. The largest absolute Gasteiger partial charge is 0.330 e. The van der Waals surface area contributed by atoms with Crippen LogP contribution in [0.2, 0.25) is 0 Å². The molecule has 0 spiro atoms. The van der Waals surface area contributed by atoms with Gasteiger partial charge in [0.25, 0.3) is 10.2 Å². The van der Waals surface area contributed by atoms with Gasteiger partial charge in [-0.15, -0.1) is 0 Å². The first kappa shape index (κ1) is 16.5. The standard InChI is InChI=1S/C13H27N3O2S2/c1-19-13(6-2-3-7-13)11-15-20(17,18)16-8-4-12(10-14)5-9-16/h12,15H,2-11,14H2,1H3. The number of hydrogen-bond donors (Lipinski definition) is 2. The fourth-order valence-electron chi connectivity index (χ4n) is 3.17. The van der Waals surface area contributed by atoms with E-state index in [9.17, 15) is 8.42 Å². The number of nitrogens with zero attached hydrogens (tertiary/aromatic N) is 1. The van der Waals surface area contributed by atoms with Gasteiger partial charge in [-0.25, -0.2) is 4.72 Å². The number of thioether (sulfide) groups is 1. The summed E-state index contributed by atoms with van der Waals surface area (Å²) in [6.07, 6.45) is 8.51. The Kier molecular flexibility index (Phi) is 5.76. The van der Waals surface area contributed by atoms with E-state index >= 15 is 0 Å². The van der Waals surface area contributed by atoms with Crippen molar-refractivity contribution >= 4 is 22.0 Å². The van der Waals surface area contributed by atoms with Crippen LogP contribution in [-0.2, 0) is 10.2 Å². The van der Waals surface area contributed by atoms with E-state index in [0.29, 0.717) is 32.1 Å². The molecule has 20 heavy (non-hydrogen) atoms. The molecule has 1 aliphatic carbocycles. The van der Waals surface area contributed by atoms with Crippen LogP contribution in [0.3, 0.4) is 0 Å². The predicted octanol–water partition coefficient (Wildman–Crippen LogP) is 1.17. The minimum Gasteiger partial charge on any atom is -0.330 e. The Morgan fingerprint density at radius 1 is 1.30 bits per heavy atom. The van der Waals surface area contributed by atoms with Crippen LogP contribution < -0.4 is 10.5 Å². The van der Waals surface area contributed by atoms with Gasteiger partial charge in [-0.1, -0.05) is 12.8 Å². The van der Waals surface area contributed by atoms with Crippen molar-refractivity contribution in [2.75, 3.05) is 32.4 Å². The lowest BCUT2D eigenvalue weighted by Gasteiger charge is -2.32. The van der Waals surface area contributed by atoms with Crippen molar-refractivity contribution in [1.29, 1.82) is 0 Å². The van der Waals surface area contributed by atoms with Gasteiger partial charge in [-0.3, -0.25) is 0 Å². The first-order valence-corrected chi connectivity index (χ1v) is 10.2. The van der Waals surface area contributed by atoms with Gasteiger partial charge in [0, 0.05) is 24.4 Å². The van der Waals surface area contributed by atoms with E-state index < -0.39 is 10.2 Å². The van der Waals surface area contributed by atoms with Gasteiger partial charge in [0.1, 0.15) is 0 Å². The number of rotatable bonds is 6. The monoisotopic (exact) mass is 321 g/mol. The van der Waals surface area contributed by atoms with Crippen molar-refractivity contribution in [1.82, 2.24) is 9.03 Å². The third-order valence-corrected chi connectivity index (χ3v) is 7.74. The molecule has 2 fully saturated rings. The lowest BCUT2D eigenvalue weighted by Crippen LogP contribution is -2.49. The van der Waals surface area contributed by atoms with E-state index in [-0.39, 0.29) is 4.75 Å². The highest BCUT2D eigenvalue weighted by molar-refractivity contribution is 8.00. The van der Waals surface area contributed by atoms with Crippen molar-refractivity contribution in [2.45, 2.75) is 43.3 Å². The van der Waals surface area contributed by atoms with E-state index in [1.54, 1.807) is 4.31 Å². The van der Waals surface area contributed by atoms with Gasteiger partial charge >= 0.3 is 0 Å². The van der Waals surface area contributed by atoms with E-state index in [4.69, 9.17) is 5.73 Å². The Labute approximate surface area is 127 Å². The first-order valence-electron chi connectivity index (χ1n) is 7.51. The molecule has 0 radical (unpaired) electrons. The summed E-state index contributed by atoms with van der Waals surface area (Å²) >= 11 is 1.81. The summed E-state index contributed by atoms with van der Waals surface area (Å²) in [7, 11) is -3.32. The van der Waals surface area contributed by atoms with Crippen LogP contribution in [0.4, 0.5) is 0 Å². The number of nitrogens with one attached hydrogen (secondary N) is 1. The van der Waals surface area contributed by atoms with Crippen molar-refractivity contribution < 1.29 is 8.42 Å². The van der Waals surface area contributed by atoms with Gasteiger partial charge in [0.15, 0.2) is 0 Å². The smallest absolute Gasteiger partial charge is 0.279 e. The average Bonchev–Trinajstić information content (AvgIpc) is 2.95. The number of piperidine rings is 1. The summed E-state index contributed by atoms with van der Waals surface area (Å²) in [5, 5.41) is 0. The summed E-state index contributed by atoms with van der Waals surface area (Å²) in [4.78, 5) is 0. The zero-order valence-corrected chi connectivity index (χ0v) is 13.9. The molecule has 2 rings (SSSR count). The lowest BCUT2D eigenvalue weighted by atomic mass is 9.99. The fraction of sp³-hybridized carbons (Fsp3) is 1.00. The highest BCUT2D eigenvalue weighted by Gasteiger charge is 2.35. The molecule has 7 heteroatoms. The van der Waals surface area contributed by atoms with Crippen molar-refractivity contribution in [3.8, 4) is 0 Å². The molecular formula is C13H27N3O2S2. The van der Waals surface area contributed by atoms with Crippen LogP contribution in [0.1, 0.15) is 38.5 Å². The molecule has 1 saturated heterocycles. The predicted molar refractivity (Wildman–Crippen MR) is 85.0 cm³/mol. The lowest BCUT2D eigenvalue weighted by molar-refractivity contribution is 0.275. The molecule has 0 aromatic carbocycles.